The zero-order valence-electron chi connectivity index (χ0n) is 34.6. The normalized spacial score (nSPS) is 45.4. The first-order valence-electron chi connectivity index (χ1n) is 20.3. The fraction of sp³-hybridized carbons (Fsp3) is 0.682. The Labute approximate surface area is 352 Å². The highest BCUT2D eigenvalue weighted by Crippen LogP contribution is 2.68. The number of aliphatic hydroxyl groups is 1. The fourth-order valence-electron chi connectivity index (χ4n) is 13.5. The van der Waals surface area contributed by atoms with Crippen molar-refractivity contribution in [2.45, 2.75) is 117 Å². The minimum atomic E-state index is -1.54. The molecule has 14 atom stereocenters. The number of hydrogen-bond donors (Lipinski definition) is 1. The van der Waals surface area contributed by atoms with Crippen LogP contribution in [0.1, 0.15) is 93.9 Å². The molecule has 15 heteroatoms. The molecule has 0 saturated heterocycles. The minimum absolute atomic E-state index is 0.0338. The number of alkyl halides is 1. The standard InChI is InChI=1S/C22H27ClO7.C22H25ClO6/c1-10(24)22(30-11(2)25)8-14(26)17-16-12(5-6-21(17,22)4)20(3)9-29-15(27)7-13(20)18(23)19(16)28;1-11(24)22(29-12(2)25)9-17(26)19-13-7-16(23)15-8-18(27)28-10-20(15,3)14(13)5-6-21(19,22)4/h7,12,16-19,28H,5-6,8-9H2,1-4H3;7-8,13-14,19H,5-6,9-10H2,1-4H3/t12?,16?,17?,18-,19-,20?,21?,22-;13?,14?,19?,20?,21?,22-/m00/s1. The summed E-state index contributed by atoms with van der Waals surface area (Å²) in [6.07, 6.45) is 5.60. The molecule has 0 amide bonds. The van der Waals surface area contributed by atoms with Gasteiger partial charge in [0.2, 0.25) is 0 Å². The summed E-state index contributed by atoms with van der Waals surface area (Å²) in [4.78, 5) is 99.5. The fourth-order valence-corrected chi connectivity index (χ4v) is 14.4. The lowest BCUT2D eigenvalue weighted by Crippen LogP contribution is -2.64. The molecule has 2 heterocycles. The van der Waals surface area contributed by atoms with Gasteiger partial charge in [0.05, 0.1) is 24.3 Å². The van der Waals surface area contributed by atoms with Crippen LogP contribution in [0.5, 0.6) is 0 Å². The second kappa shape index (κ2) is 14.2. The molecular weight excluding hydrogens is 807 g/mol. The third-order valence-corrected chi connectivity index (χ3v) is 17.1. The number of carbonyl (C=O) groups excluding carboxylic acids is 8. The summed E-state index contributed by atoms with van der Waals surface area (Å²) in [5.74, 6) is -5.07. The average Bonchev–Trinajstić information content (AvgIpc) is 3.51. The number of aliphatic hydroxyl groups excluding tert-OH is 1. The maximum atomic E-state index is 13.3. The van der Waals surface area contributed by atoms with Gasteiger partial charge in [0.1, 0.15) is 24.8 Å². The zero-order valence-corrected chi connectivity index (χ0v) is 36.1. The quantitative estimate of drug-likeness (QED) is 0.223. The van der Waals surface area contributed by atoms with Crippen molar-refractivity contribution < 1.29 is 62.4 Å². The van der Waals surface area contributed by atoms with E-state index < -0.39 is 86.0 Å². The summed E-state index contributed by atoms with van der Waals surface area (Å²) in [7, 11) is 0. The molecule has 6 aliphatic carbocycles. The van der Waals surface area contributed by atoms with Gasteiger partial charge >= 0.3 is 23.9 Å². The van der Waals surface area contributed by atoms with E-state index in [1.165, 1.54) is 39.8 Å². The number of ether oxygens (including phenoxy) is 4. The second-order valence-corrected chi connectivity index (χ2v) is 20.0. The Balaban J connectivity index is 0.000000179. The monoisotopic (exact) mass is 858 g/mol. The Kier molecular flexibility index (Phi) is 10.4. The van der Waals surface area contributed by atoms with Gasteiger partial charge in [-0.25, -0.2) is 9.59 Å². The molecule has 8 aliphatic rings. The van der Waals surface area contributed by atoms with E-state index in [9.17, 15) is 43.5 Å². The third kappa shape index (κ3) is 5.93. The van der Waals surface area contributed by atoms with E-state index in [1.54, 1.807) is 0 Å². The Morgan fingerprint density at radius 2 is 1.20 bits per heavy atom. The van der Waals surface area contributed by atoms with Gasteiger partial charge in [0.25, 0.3) is 0 Å². The molecule has 10 unspecified atom stereocenters. The molecule has 0 aromatic heterocycles. The molecule has 0 spiro atoms. The number of rotatable bonds is 4. The molecular formula is C44H52Cl2O13. The van der Waals surface area contributed by atoms with Gasteiger partial charge in [-0.05, 0) is 68.4 Å². The molecule has 320 valence electrons. The van der Waals surface area contributed by atoms with Crippen LogP contribution in [-0.2, 0) is 57.3 Å². The van der Waals surface area contributed by atoms with Crippen molar-refractivity contribution in [3.8, 4) is 0 Å². The third-order valence-electron chi connectivity index (χ3n) is 16.2. The van der Waals surface area contributed by atoms with Gasteiger partial charge < -0.3 is 24.1 Å². The number of ketones is 4. The first kappa shape index (κ1) is 43.4. The topological polar surface area (TPSA) is 194 Å². The van der Waals surface area contributed by atoms with Gasteiger partial charge in [0, 0.05) is 70.4 Å². The Bertz CT molecular complexity index is 2070. The van der Waals surface area contributed by atoms with Gasteiger partial charge in [0.15, 0.2) is 22.8 Å². The van der Waals surface area contributed by atoms with E-state index in [2.05, 4.69) is 0 Å². The summed E-state index contributed by atoms with van der Waals surface area (Å²) in [5, 5.41) is 10.8. The van der Waals surface area contributed by atoms with Crippen molar-refractivity contribution in [2.24, 2.45) is 57.2 Å². The molecule has 0 radical (unpaired) electrons. The smallest absolute Gasteiger partial charge is 0.331 e. The van der Waals surface area contributed by atoms with Gasteiger partial charge in [-0.15, -0.1) is 11.6 Å². The summed E-state index contributed by atoms with van der Waals surface area (Å²) in [6, 6.07) is 0. The van der Waals surface area contributed by atoms with Gasteiger partial charge in [-0.3, -0.25) is 28.8 Å². The molecule has 59 heavy (non-hydrogen) atoms. The molecule has 1 N–H and O–H groups in total. The number of allylic oxidation sites excluding steroid dienone is 2. The van der Waals surface area contributed by atoms with Crippen molar-refractivity contribution in [1.82, 2.24) is 0 Å². The van der Waals surface area contributed by atoms with Crippen molar-refractivity contribution in [2.75, 3.05) is 13.2 Å². The SMILES string of the molecule is CC(=O)O[C@]1(C(C)=O)CC(=O)C2C3C(CCC21C)C1(C)COC(=O)C=C1[C@H](Cl)[C@H]3O.CC(=O)O[C@]1(C(C)=O)CC(=O)C2C3C=C(Cl)C4=CC(=O)OCC4(C)C3CCC21C. The van der Waals surface area contributed by atoms with E-state index >= 15 is 0 Å². The molecule has 13 nitrogen and oxygen atoms in total. The molecule has 0 bridgehead atoms. The van der Waals surface area contributed by atoms with E-state index in [0.29, 0.717) is 36.3 Å². The number of fused-ring (bicyclic) bond motifs is 10. The van der Waals surface area contributed by atoms with E-state index in [4.69, 9.17) is 42.1 Å². The first-order chi connectivity index (χ1) is 27.3. The van der Waals surface area contributed by atoms with Crippen molar-refractivity contribution in [3.05, 3.63) is 34.4 Å². The molecule has 5 fully saturated rings. The highest BCUT2D eigenvalue weighted by Gasteiger charge is 2.74. The molecule has 0 aromatic carbocycles. The second-order valence-electron chi connectivity index (χ2n) is 19.1. The molecule has 0 aromatic rings. The maximum absolute atomic E-state index is 13.3. The van der Waals surface area contributed by atoms with Crippen LogP contribution in [0.15, 0.2) is 34.4 Å². The molecule has 8 rings (SSSR count). The number of halogens is 2. The number of carbonyl (C=O) groups is 8. The summed E-state index contributed by atoms with van der Waals surface area (Å²) in [5.41, 5.74) is -4.43. The highest BCUT2D eigenvalue weighted by atomic mass is 35.5. The van der Waals surface area contributed by atoms with Crippen LogP contribution in [0.4, 0.5) is 0 Å². The predicted molar refractivity (Wildman–Crippen MR) is 209 cm³/mol. The van der Waals surface area contributed by atoms with Crippen LogP contribution >= 0.6 is 23.2 Å². The van der Waals surface area contributed by atoms with Crippen LogP contribution in [-0.4, -0.2) is 88.0 Å². The summed E-state index contributed by atoms with van der Waals surface area (Å²) in [6.45, 7) is 13.3. The lowest BCUT2D eigenvalue weighted by molar-refractivity contribution is -0.193. The Morgan fingerprint density at radius 1 is 0.729 bits per heavy atom. The lowest BCUT2D eigenvalue weighted by Gasteiger charge is -2.60. The number of cyclic esters (lactones) is 2. The predicted octanol–water partition coefficient (Wildman–Crippen LogP) is 5.09. The van der Waals surface area contributed by atoms with E-state index in [0.717, 1.165) is 5.57 Å². The van der Waals surface area contributed by atoms with Crippen molar-refractivity contribution >= 4 is 70.2 Å². The van der Waals surface area contributed by atoms with Crippen molar-refractivity contribution in [1.29, 1.82) is 0 Å². The zero-order chi connectivity index (χ0) is 43.6. The summed E-state index contributed by atoms with van der Waals surface area (Å²) < 4.78 is 21.8. The lowest BCUT2D eigenvalue weighted by atomic mass is 9.46. The Hall–Kier alpha value is -3.68. The van der Waals surface area contributed by atoms with Crippen LogP contribution in [0.3, 0.4) is 0 Å². The number of hydrogen-bond acceptors (Lipinski definition) is 13. The Morgan fingerprint density at radius 3 is 1.73 bits per heavy atom. The average molecular weight is 860 g/mol. The van der Waals surface area contributed by atoms with Crippen LogP contribution < -0.4 is 0 Å². The van der Waals surface area contributed by atoms with Gasteiger partial charge in [-0.2, -0.15) is 0 Å². The highest BCUT2D eigenvalue weighted by molar-refractivity contribution is 6.32. The largest absolute Gasteiger partial charge is 0.462 e. The van der Waals surface area contributed by atoms with Crippen molar-refractivity contribution in [3.63, 3.8) is 0 Å². The van der Waals surface area contributed by atoms with Crippen LogP contribution in [0.2, 0.25) is 0 Å². The maximum Gasteiger partial charge on any atom is 0.331 e. The number of esters is 4. The van der Waals surface area contributed by atoms with E-state index in [-0.39, 0.29) is 66.9 Å². The minimum Gasteiger partial charge on any atom is -0.462 e. The summed E-state index contributed by atoms with van der Waals surface area (Å²) >= 11 is 13.2. The van der Waals surface area contributed by atoms with E-state index in [1.807, 2.05) is 33.8 Å². The van der Waals surface area contributed by atoms with Crippen LogP contribution in [0.25, 0.3) is 0 Å². The molecule has 5 saturated carbocycles. The van der Waals surface area contributed by atoms with Gasteiger partial charge in [-0.1, -0.05) is 45.4 Å². The molecule has 2 aliphatic heterocycles. The number of Topliss-reactive ketones (excluding diaryl/α,β-unsaturated/α-hetero) is 4. The first-order valence-corrected chi connectivity index (χ1v) is 21.1. The van der Waals surface area contributed by atoms with Crippen LogP contribution in [0, 0.1) is 57.2 Å².